The monoisotopic (exact) mass is 238 g/mol. The largest absolute Gasteiger partial charge is 0.423 e. The molecule has 18 heavy (non-hydrogen) atoms. The minimum atomic E-state index is -0.377. The van der Waals surface area contributed by atoms with Crippen molar-refractivity contribution in [3.63, 3.8) is 0 Å². The van der Waals surface area contributed by atoms with Crippen molar-refractivity contribution < 1.29 is 9.21 Å². The third-order valence-electron chi connectivity index (χ3n) is 2.98. The Morgan fingerprint density at radius 2 is 2.06 bits per heavy atom. The van der Waals surface area contributed by atoms with Gasteiger partial charge in [0.15, 0.2) is 0 Å². The van der Waals surface area contributed by atoms with Crippen LogP contribution in [0.3, 0.4) is 0 Å². The van der Waals surface area contributed by atoms with Crippen LogP contribution in [0.2, 0.25) is 0 Å². The number of Topliss-reactive ketones (excluding diaryl/α,β-unsaturated/α-hetero) is 1. The zero-order chi connectivity index (χ0) is 12.5. The van der Waals surface area contributed by atoms with Crippen molar-refractivity contribution in [3.05, 3.63) is 45.8 Å². The van der Waals surface area contributed by atoms with E-state index in [0.717, 1.165) is 16.5 Å². The van der Waals surface area contributed by atoms with Crippen LogP contribution in [-0.2, 0) is 11.2 Å². The molecule has 1 aromatic carbocycles. The molecular formula is C15H10O3. The molecule has 0 saturated carbocycles. The molecule has 0 amide bonds. The van der Waals surface area contributed by atoms with Crippen LogP contribution in [-0.4, -0.2) is 5.78 Å². The van der Waals surface area contributed by atoms with Crippen LogP contribution in [0.1, 0.15) is 24.0 Å². The molecule has 88 valence electrons. The molecule has 0 radical (unpaired) electrons. The van der Waals surface area contributed by atoms with Crippen molar-refractivity contribution >= 4 is 16.8 Å². The molecule has 0 N–H and O–H groups in total. The lowest BCUT2D eigenvalue weighted by Gasteiger charge is -2.07. The predicted octanol–water partition coefficient (Wildman–Crippen LogP) is 2.05. The highest BCUT2D eigenvalue weighted by Gasteiger charge is 2.11. The molecule has 0 atom stereocenters. The van der Waals surface area contributed by atoms with E-state index in [1.807, 2.05) is 6.07 Å². The fourth-order valence-corrected chi connectivity index (χ4v) is 2.09. The Kier molecular flexibility index (Phi) is 2.49. The minimum Gasteiger partial charge on any atom is -0.423 e. The average molecular weight is 238 g/mol. The minimum absolute atomic E-state index is 0.196. The molecule has 0 saturated heterocycles. The predicted molar refractivity (Wildman–Crippen MR) is 67.3 cm³/mol. The number of hydrogen-bond acceptors (Lipinski definition) is 3. The van der Waals surface area contributed by atoms with Gasteiger partial charge >= 0.3 is 5.63 Å². The molecular weight excluding hydrogens is 228 g/mol. The van der Waals surface area contributed by atoms with E-state index >= 15 is 0 Å². The van der Waals surface area contributed by atoms with Gasteiger partial charge in [-0.25, -0.2) is 4.79 Å². The number of ketones is 1. The van der Waals surface area contributed by atoms with E-state index in [0.29, 0.717) is 24.8 Å². The average Bonchev–Trinajstić information content (AvgIpc) is 2.33. The Morgan fingerprint density at radius 3 is 2.94 bits per heavy atom. The van der Waals surface area contributed by atoms with E-state index in [9.17, 15) is 9.59 Å². The third kappa shape index (κ3) is 1.93. The lowest BCUT2D eigenvalue weighted by molar-refractivity contribution is -0.118. The quantitative estimate of drug-likeness (QED) is 0.521. The number of benzene rings is 1. The summed E-state index contributed by atoms with van der Waals surface area (Å²) in [4.78, 5) is 22.8. The molecule has 3 rings (SSSR count). The van der Waals surface area contributed by atoms with E-state index in [1.165, 1.54) is 6.07 Å². The smallest absolute Gasteiger partial charge is 0.336 e. The van der Waals surface area contributed by atoms with Gasteiger partial charge in [0.1, 0.15) is 11.4 Å². The van der Waals surface area contributed by atoms with E-state index < -0.39 is 0 Å². The Morgan fingerprint density at radius 1 is 1.17 bits per heavy atom. The van der Waals surface area contributed by atoms with Crippen LogP contribution < -0.4 is 5.63 Å². The first-order valence-corrected chi connectivity index (χ1v) is 5.80. The van der Waals surface area contributed by atoms with Gasteiger partial charge in [0.25, 0.3) is 0 Å². The van der Waals surface area contributed by atoms with E-state index in [-0.39, 0.29) is 11.4 Å². The maximum absolute atomic E-state index is 11.6. The summed E-state index contributed by atoms with van der Waals surface area (Å²) >= 11 is 0. The first-order valence-electron chi connectivity index (χ1n) is 5.80. The molecule has 1 aliphatic rings. The SMILES string of the molecule is O=C1CCC#Cc2cc3oc(=O)ccc3cc2C1. The van der Waals surface area contributed by atoms with Gasteiger partial charge in [0.05, 0.1) is 0 Å². The van der Waals surface area contributed by atoms with Gasteiger partial charge in [-0.05, 0) is 23.8 Å². The van der Waals surface area contributed by atoms with Gasteiger partial charge in [0, 0.05) is 36.3 Å². The maximum atomic E-state index is 11.6. The Bertz CT molecular complexity index is 757. The fourth-order valence-electron chi connectivity index (χ4n) is 2.09. The molecule has 0 aliphatic heterocycles. The summed E-state index contributed by atoms with van der Waals surface area (Å²) in [6.45, 7) is 0. The van der Waals surface area contributed by atoms with E-state index in [4.69, 9.17) is 4.42 Å². The highest BCUT2D eigenvalue weighted by atomic mass is 16.4. The fraction of sp³-hybridized carbons (Fsp3) is 0.200. The summed E-state index contributed by atoms with van der Waals surface area (Å²) in [6, 6.07) is 6.71. The number of rotatable bonds is 0. The Labute approximate surface area is 103 Å². The summed E-state index contributed by atoms with van der Waals surface area (Å²) in [5, 5.41) is 0.823. The van der Waals surface area contributed by atoms with Gasteiger partial charge in [-0.15, -0.1) is 0 Å². The molecule has 1 heterocycles. The van der Waals surface area contributed by atoms with Crippen LogP contribution in [0.15, 0.2) is 33.5 Å². The Hall–Kier alpha value is -2.34. The van der Waals surface area contributed by atoms with Crippen LogP contribution in [0, 0.1) is 11.8 Å². The summed E-state index contributed by atoms with van der Waals surface area (Å²) in [5.41, 5.74) is 1.83. The van der Waals surface area contributed by atoms with Crippen LogP contribution in [0.4, 0.5) is 0 Å². The molecule has 0 bridgehead atoms. The first kappa shape index (κ1) is 10.8. The lowest BCUT2D eigenvalue weighted by atomic mass is 9.96. The van der Waals surface area contributed by atoms with Gasteiger partial charge < -0.3 is 4.42 Å². The lowest BCUT2D eigenvalue weighted by Crippen LogP contribution is -2.06. The van der Waals surface area contributed by atoms with Gasteiger partial charge in [-0.3, -0.25) is 4.79 Å². The molecule has 1 aromatic heterocycles. The van der Waals surface area contributed by atoms with Crippen molar-refractivity contribution in [2.24, 2.45) is 0 Å². The van der Waals surface area contributed by atoms with Crippen molar-refractivity contribution in [1.82, 2.24) is 0 Å². The van der Waals surface area contributed by atoms with Crippen LogP contribution >= 0.6 is 0 Å². The maximum Gasteiger partial charge on any atom is 0.336 e. The second-order valence-corrected chi connectivity index (χ2v) is 4.32. The standard InChI is InChI=1S/C15H10O3/c16-13-4-2-1-3-10-9-14-11(7-12(10)8-13)5-6-15(17)18-14/h5-7,9H,2,4,8H2. The van der Waals surface area contributed by atoms with Gasteiger partial charge in [-0.2, -0.15) is 0 Å². The highest BCUT2D eigenvalue weighted by molar-refractivity contribution is 5.86. The van der Waals surface area contributed by atoms with Crippen LogP contribution in [0.25, 0.3) is 11.0 Å². The number of carbonyl (C=O) groups excluding carboxylic acids is 1. The van der Waals surface area contributed by atoms with Crippen molar-refractivity contribution in [2.75, 3.05) is 0 Å². The molecule has 0 unspecified atom stereocenters. The summed E-state index contributed by atoms with van der Waals surface area (Å²) in [5.74, 6) is 6.19. The second kappa shape index (κ2) is 4.15. The molecule has 3 heteroatoms. The number of fused-ring (bicyclic) bond motifs is 2. The number of hydrogen-bond donors (Lipinski definition) is 0. The molecule has 1 aliphatic carbocycles. The summed E-state index contributed by atoms with van der Waals surface area (Å²) in [6.07, 6.45) is 1.50. The van der Waals surface area contributed by atoms with Gasteiger partial charge in [0.2, 0.25) is 0 Å². The van der Waals surface area contributed by atoms with E-state index in [2.05, 4.69) is 11.8 Å². The summed E-state index contributed by atoms with van der Waals surface area (Å²) in [7, 11) is 0. The topological polar surface area (TPSA) is 47.3 Å². The summed E-state index contributed by atoms with van der Waals surface area (Å²) < 4.78 is 5.12. The zero-order valence-corrected chi connectivity index (χ0v) is 9.66. The third-order valence-corrected chi connectivity index (χ3v) is 2.98. The first-order chi connectivity index (χ1) is 8.72. The van der Waals surface area contributed by atoms with Crippen molar-refractivity contribution in [3.8, 4) is 11.8 Å². The molecule has 2 aromatic rings. The molecule has 0 fully saturated rings. The zero-order valence-electron chi connectivity index (χ0n) is 9.66. The Balaban J connectivity index is 2.27. The normalized spacial score (nSPS) is 14.3. The van der Waals surface area contributed by atoms with Crippen molar-refractivity contribution in [1.29, 1.82) is 0 Å². The number of carbonyl (C=O) groups is 1. The second-order valence-electron chi connectivity index (χ2n) is 4.32. The highest BCUT2D eigenvalue weighted by Crippen LogP contribution is 2.20. The molecule has 3 nitrogen and oxygen atoms in total. The van der Waals surface area contributed by atoms with Crippen molar-refractivity contribution in [2.45, 2.75) is 19.3 Å². The van der Waals surface area contributed by atoms with Gasteiger partial charge in [-0.1, -0.05) is 11.8 Å². The molecule has 0 spiro atoms. The van der Waals surface area contributed by atoms with E-state index in [1.54, 1.807) is 12.1 Å². The van der Waals surface area contributed by atoms with Crippen LogP contribution in [0.5, 0.6) is 0 Å².